The van der Waals surface area contributed by atoms with Crippen LogP contribution in [0.3, 0.4) is 0 Å². The first-order valence-electron chi connectivity index (χ1n) is 7.61. The molecule has 116 valence electrons. The molecular formula is C17H22BrF2N. The molecule has 2 aliphatic rings. The smallest absolute Gasteiger partial charge is 0.144 e. The Balaban J connectivity index is 1.81. The van der Waals surface area contributed by atoms with E-state index in [4.69, 9.17) is 0 Å². The number of benzene rings is 1. The highest BCUT2D eigenvalue weighted by Crippen LogP contribution is 2.62. The van der Waals surface area contributed by atoms with Gasteiger partial charge in [0.25, 0.3) is 0 Å². The predicted octanol–water partition coefficient (Wildman–Crippen LogP) is 5.03. The SMILES string of the molecule is CC12CCC(C1)C(C)(C)C2NCc1c(F)ccc(Br)c1F. The molecule has 1 aromatic rings. The Morgan fingerprint density at radius 2 is 2.00 bits per heavy atom. The van der Waals surface area contributed by atoms with Crippen LogP contribution < -0.4 is 5.32 Å². The summed E-state index contributed by atoms with van der Waals surface area (Å²) in [5, 5.41) is 3.47. The summed E-state index contributed by atoms with van der Waals surface area (Å²) in [7, 11) is 0. The van der Waals surface area contributed by atoms with Gasteiger partial charge in [-0.1, -0.05) is 20.8 Å². The van der Waals surface area contributed by atoms with Gasteiger partial charge in [0.2, 0.25) is 0 Å². The van der Waals surface area contributed by atoms with E-state index in [0.29, 0.717) is 10.5 Å². The molecule has 3 rings (SSSR count). The van der Waals surface area contributed by atoms with Crippen molar-refractivity contribution in [2.45, 2.75) is 52.6 Å². The summed E-state index contributed by atoms with van der Waals surface area (Å²) < 4.78 is 28.3. The van der Waals surface area contributed by atoms with E-state index >= 15 is 0 Å². The van der Waals surface area contributed by atoms with Crippen LogP contribution in [-0.2, 0) is 6.54 Å². The van der Waals surface area contributed by atoms with Gasteiger partial charge in [0, 0.05) is 18.2 Å². The van der Waals surface area contributed by atoms with Crippen LogP contribution in [-0.4, -0.2) is 6.04 Å². The Hall–Kier alpha value is -0.480. The van der Waals surface area contributed by atoms with E-state index in [1.54, 1.807) is 0 Å². The zero-order valence-corrected chi connectivity index (χ0v) is 14.4. The second-order valence-corrected chi connectivity index (χ2v) is 8.41. The van der Waals surface area contributed by atoms with Crippen LogP contribution >= 0.6 is 15.9 Å². The highest BCUT2D eigenvalue weighted by Gasteiger charge is 2.58. The van der Waals surface area contributed by atoms with Crippen molar-refractivity contribution >= 4 is 15.9 Å². The maximum absolute atomic E-state index is 14.1. The molecule has 3 unspecified atom stereocenters. The van der Waals surface area contributed by atoms with E-state index in [0.717, 1.165) is 5.92 Å². The fourth-order valence-electron chi connectivity index (χ4n) is 4.75. The Morgan fingerprint density at radius 3 is 2.62 bits per heavy atom. The molecule has 3 atom stereocenters. The third-order valence-electron chi connectivity index (χ3n) is 5.89. The zero-order chi connectivity index (χ0) is 15.4. The van der Waals surface area contributed by atoms with Gasteiger partial charge in [0.1, 0.15) is 11.6 Å². The third kappa shape index (κ3) is 2.35. The number of halogens is 3. The maximum atomic E-state index is 14.1. The molecule has 0 aromatic heterocycles. The van der Waals surface area contributed by atoms with Crippen LogP contribution in [0.4, 0.5) is 8.78 Å². The van der Waals surface area contributed by atoms with Gasteiger partial charge in [-0.3, -0.25) is 0 Å². The molecule has 1 aromatic carbocycles. The van der Waals surface area contributed by atoms with Crippen LogP contribution in [0.15, 0.2) is 16.6 Å². The molecule has 1 N–H and O–H groups in total. The number of hydrogen-bond donors (Lipinski definition) is 1. The van der Waals surface area contributed by atoms with Gasteiger partial charge in [-0.25, -0.2) is 8.78 Å². The van der Waals surface area contributed by atoms with Crippen LogP contribution in [0.5, 0.6) is 0 Å². The largest absolute Gasteiger partial charge is 0.309 e. The minimum atomic E-state index is -0.492. The Bertz CT molecular complexity index is 567. The molecular weight excluding hydrogens is 336 g/mol. The van der Waals surface area contributed by atoms with Crippen molar-refractivity contribution in [1.82, 2.24) is 5.32 Å². The van der Waals surface area contributed by atoms with E-state index < -0.39 is 11.6 Å². The maximum Gasteiger partial charge on any atom is 0.144 e. The van der Waals surface area contributed by atoms with Gasteiger partial charge >= 0.3 is 0 Å². The van der Waals surface area contributed by atoms with Gasteiger partial charge in [-0.15, -0.1) is 0 Å². The van der Waals surface area contributed by atoms with Crippen LogP contribution in [0.1, 0.15) is 45.6 Å². The first-order chi connectivity index (χ1) is 9.75. The summed E-state index contributed by atoms with van der Waals surface area (Å²) in [5.41, 5.74) is 0.575. The number of rotatable bonds is 3. The molecule has 0 spiro atoms. The van der Waals surface area contributed by atoms with E-state index in [1.807, 2.05) is 0 Å². The van der Waals surface area contributed by atoms with Crippen LogP contribution in [0.25, 0.3) is 0 Å². The van der Waals surface area contributed by atoms with Crippen molar-refractivity contribution in [1.29, 1.82) is 0 Å². The quantitative estimate of drug-likeness (QED) is 0.747. The predicted molar refractivity (Wildman–Crippen MR) is 83.9 cm³/mol. The lowest BCUT2D eigenvalue weighted by atomic mass is 9.68. The Labute approximate surface area is 133 Å². The van der Waals surface area contributed by atoms with E-state index in [9.17, 15) is 8.78 Å². The average Bonchev–Trinajstić information content (AvgIpc) is 2.88. The molecule has 1 nitrogen and oxygen atoms in total. The van der Waals surface area contributed by atoms with Gasteiger partial charge in [0.15, 0.2) is 0 Å². The number of fused-ring (bicyclic) bond motifs is 2. The fourth-order valence-corrected chi connectivity index (χ4v) is 5.12. The first-order valence-corrected chi connectivity index (χ1v) is 8.41. The molecule has 0 saturated heterocycles. The Morgan fingerprint density at radius 1 is 1.29 bits per heavy atom. The molecule has 0 aliphatic heterocycles. The molecule has 0 heterocycles. The molecule has 2 aliphatic carbocycles. The monoisotopic (exact) mass is 357 g/mol. The molecule has 0 radical (unpaired) electrons. The van der Waals surface area contributed by atoms with Gasteiger partial charge < -0.3 is 5.32 Å². The van der Waals surface area contributed by atoms with Crippen LogP contribution in [0, 0.1) is 28.4 Å². The first kappa shape index (κ1) is 15.4. The lowest BCUT2D eigenvalue weighted by Gasteiger charge is -2.43. The third-order valence-corrected chi connectivity index (χ3v) is 6.50. The minimum Gasteiger partial charge on any atom is -0.309 e. The summed E-state index contributed by atoms with van der Waals surface area (Å²) in [6.07, 6.45) is 3.71. The van der Waals surface area contributed by atoms with Crippen molar-refractivity contribution in [2.24, 2.45) is 16.7 Å². The van der Waals surface area contributed by atoms with E-state index in [-0.39, 0.29) is 22.9 Å². The average molecular weight is 358 g/mol. The zero-order valence-electron chi connectivity index (χ0n) is 12.8. The normalized spacial score (nSPS) is 33.6. The van der Waals surface area contributed by atoms with Crippen molar-refractivity contribution in [3.63, 3.8) is 0 Å². The topological polar surface area (TPSA) is 12.0 Å². The lowest BCUT2D eigenvalue weighted by Crippen LogP contribution is -2.50. The molecule has 21 heavy (non-hydrogen) atoms. The summed E-state index contributed by atoms with van der Waals surface area (Å²) >= 11 is 3.13. The Kier molecular flexibility index (Phi) is 3.69. The molecule has 4 heteroatoms. The molecule has 2 bridgehead atoms. The highest BCUT2D eigenvalue weighted by atomic mass is 79.9. The van der Waals surface area contributed by atoms with Crippen molar-refractivity contribution in [3.05, 3.63) is 33.8 Å². The van der Waals surface area contributed by atoms with Crippen molar-refractivity contribution in [2.75, 3.05) is 0 Å². The highest BCUT2D eigenvalue weighted by molar-refractivity contribution is 9.10. The van der Waals surface area contributed by atoms with Gasteiger partial charge in [-0.2, -0.15) is 0 Å². The summed E-state index contributed by atoms with van der Waals surface area (Å²) in [5.74, 6) is -0.250. The van der Waals surface area contributed by atoms with Gasteiger partial charge in [0.05, 0.1) is 4.47 Å². The minimum absolute atomic E-state index is 0.131. The van der Waals surface area contributed by atoms with E-state index in [2.05, 4.69) is 42.0 Å². The summed E-state index contributed by atoms with van der Waals surface area (Å²) in [4.78, 5) is 0. The number of hydrogen-bond acceptors (Lipinski definition) is 1. The summed E-state index contributed by atoms with van der Waals surface area (Å²) in [6, 6.07) is 3.04. The fraction of sp³-hybridized carbons (Fsp3) is 0.647. The van der Waals surface area contributed by atoms with Crippen molar-refractivity contribution in [3.8, 4) is 0 Å². The molecule has 2 fully saturated rings. The second kappa shape index (κ2) is 5.02. The lowest BCUT2D eigenvalue weighted by molar-refractivity contribution is 0.107. The second-order valence-electron chi connectivity index (χ2n) is 7.55. The van der Waals surface area contributed by atoms with Crippen molar-refractivity contribution < 1.29 is 8.78 Å². The van der Waals surface area contributed by atoms with Gasteiger partial charge in [-0.05, 0) is 64.1 Å². The van der Waals surface area contributed by atoms with E-state index in [1.165, 1.54) is 31.4 Å². The van der Waals surface area contributed by atoms with Crippen LogP contribution in [0.2, 0.25) is 0 Å². The number of nitrogens with one attached hydrogen (secondary N) is 1. The molecule has 0 amide bonds. The standard InChI is InChI=1S/C17H22BrF2N/c1-16(2)10-6-7-17(3,8-10)15(16)21-9-11-13(19)5-4-12(18)14(11)20/h4-5,10,15,21H,6-9H2,1-3H3. The summed E-state index contributed by atoms with van der Waals surface area (Å²) in [6.45, 7) is 7.13. The molecule has 2 saturated carbocycles.